The molecule has 0 aromatic carbocycles. The second-order valence-corrected chi connectivity index (χ2v) is 4.05. The minimum atomic E-state index is -0.246. The van der Waals surface area contributed by atoms with Crippen molar-refractivity contribution in [2.75, 3.05) is 13.2 Å². The lowest BCUT2D eigenvalue weighted by atomic mass is 10.1. The van der Waals surface area contributed by atoms with E-state index in [9.17, 15) is 4.79 Å². The fourth-order valence-electron chi connectivity index (χ4n) is 0.919. The van der Waals surface area contributed by atoms with E-state index in [1.807, 2.05) is 36.7 Å². The number of aliphatic hydroxyl groups excluding tert-OH is 1. The van der Waals surface area contributed by atoms with Gasteiger partial charge in [0.15, 0.2) is 0 Å². The fraction of sp³-hybridized carbons (Fsp3) is 0.889. The number of carbonyl (C=O) groups is 1. The van der Waals surface area contributed by atoms with E-state index in [1.54, 1.807) is 0 Å². The molecule has 0 saturated heterocycles. The van der Waals surface area contributed by atoms with E-state index in [1.165, 1.54) is 0 Å². The van der Waals surface area contributed by atoms with Crippen molar-refractivity contribution in [2.45, 2.75) is 32.7 Å². The number of carbonyl (C=O) groups excluding carboxylic acids is 1. The van der Waals surface area contributed by atoms with E-state index in [-0.39, 0.29) is 24.5 Å². The van der Waals surface area contributed by atoms with Gasteiger partial charge in [0.1, 0.15) is 6.04 Å². The monoisotopic (exact) mass is 315 g/mol. The van der Waals surface area contributed by atoms with E-state index in [4.69, 9.17) is 9.84 Å². The van der Waals surface area contributed by atoms with E-state index < -0.39 is 0 Å². The van der Waals surface area contributed by atoms with Gasteiger partial charge in [-0.05, 0) is 18.8 Å². The van der Waals surface area contributed by atoms with Crippen LogP contribution in [-0.2, 0) is 9.53 Å². The summed E-state index contributed by atoms with van der Waals surface area (Å²) in [6.07, 6.45) is 1.39. The number of esters is 1. The molecule has 14 heavy (non-hydrogen) atoms. The van der Waals surface area contributed by atoms with Gasteiger partial charge in [0.25, 0.3) is 0 Å². The molecule has 84 valence electrons. The Morgan fingerprint density at radius 3 is 2.57 bits per heavy atom. The first-order valence-electron chi connectivity index (χ1n) is 4.77. The molecule has 0 aromatic rings. The number of halogens is 1. The number of hydrogen-bond acceptors (Lipinski definition) is 4. The van der Waals surface area contributed by atoms with Crippen LogP contribution in [0.5, 0.6) is 0 Å². The third-order valence-electron chi connectivity index (χ3n) is 1.83. The van der Waals surface area contributed by atoms with E-state index in [0.717, 1.165) is 0 Å². The summed E-state index contributed by atoms with van der Waals surface area (Å²) in [7, 11) is 0. The summed E-state index contributed by atoms with van der Waals surface area (Å²) >= 11 is 1.96. The lowest BCUT2D eigenvalue weighted by Gasteiger charge is -2.17. The van der Waals surface area contributed by atoms with Crippen LogP contribution in [0.1, 0.15) is 26.7 Å². The first-order valence-corrected chi connectivity index (χ1v) is 5.85. The quantitative estimate of drug-likeness (QED) is 0.321. The fourth-order valence-corrected chi connectivity index (χ4v) is 1.89. The highest BCUT2D eigenvalue weighted by atomic mass is 127. The third kappa shape index (κ3) is 5.77. The maximum Gasteiger partial charge on any atom is 0.324 e. The highest BCUT2D eigenvalue weighted by molar-refractivity contribution is 14.1. The number of ether oxygens (including phenoxy) is 1. The van der Waals surface area contributed by atoms with Crippen molar-refractivity contribution in [3.05, 3.63) is 0 Å². The maximum atomic E-state index is 11.4. The minimum absolute atomic E-state index is 0.149. The van der Waals surface area contributed by atoms with Crippen molar-refractivity contribution in [1.82, 2.24) is 3.53 Å². The van der Waals surface area contributed by atoms with Crippen LogP contribution in [0.15, 0.2) is 0 Å². The number of hydrogen-bond donors (Lipinski definition) is 2. The van der Waals surface area contributed by atoms with Crippen molar-refractivity contribution in [3.63, 3.8) is 0 Å². The summed E-state index contributed by atoms with van der Waals surface area (Å²) in [5.74, 6) is 0.00424. The van der Waals surface area contributed by atoms with Gasteiger partial charge in [0, 0.05) is 29.5 Å². The van der Waals surface area contributed by atoms with Crippen LogP contribution in [0, 0.1) is 5.92 Å². The van der Waals surface area contributed by atoms with Crippen molar-refractivity contribution in [1.29, 1.82) is 0 Å². The standard InChI is InChI=1S/C9H18INO3/c1-7(2)8(11-10)9(13)14-6-4-3-5-12/h7-8,11-12H,3-6H2,1-2H3/t8-/m0/s1. The predicted molar refractivity (Wildman–Crippen MR) is 63.1 cm³/mol. The lowest BCUT2D eigenvalue weighted by Crippen LogP contribution is -2.37. The first kappa shape index (κ1) is 14.1. The van der Waals surface area contributed by atoms with Gasteiger partial charge in [0.05, 0.1) is 6.61 Å². The highest BCUT2D eigenvalue weighted by Crippen LogP contribution is 2.06. The zero-order chi connectivity index (χ0) is 11.0. The van der Waals surface area contributed by atoms with E-state index >= 15 is 0 Å². The van der Waals surface area contributed by atoms with E-state index in [2.05, 4.69) is 3.53 Å². The highest BCUT2D eigenvalue weighted by Gasteiger charge is 2.21. The van der Waals surface area contributed by atoms with Gasteiger partial charge in [-0.15, -0.1) is 0 Å². The van der Waals surface area contributed by atoms with Crippen LogP contribution >= 0.6 is 22.9 Å². The van der Waals surface area contributed by atoms with Crippen molar-refractivity contribution < 1.29 is 14.6 Å². The summed E-state index contributed by atoms with van der Waals surface area (Å²) < 4.78 is 7.93. The number of aliphatic hydroxyl groups is 1. The molecule has 0 aromatic heterocycles. The van der Waals surface area contributed by atoms with E-state index in [0.29, 0.717) is 19.4 Å². The second kappa shape index (κ2) is 8.43. The lowest BCUT2D eigenvalue weighted by molar-refractivity contribution is -0.146. The molecule has 4 nitrogen and oxygen atoms in total. The molecular weight excluding hydrogens is 297 g/mol. The predicted octanol–water partition coefficient (Wildman–Crippen LogP) is 1.27. The number of rotatable bonds is 7. The van der Waals surface area contributed by atoms with Gasteiger partial charge >= 0.3 is 5.97 Å². The topological polar surface area (TPSA) is 58.6 Å². The van der Waals surface area contributed by atoms with Crippen LogP contribution in [0.2, 0.25) is 0 Å². The number of unbranched alkanes of at least 4 members (excludes halogenated alkanes) is 1. The molecule has 0 radical (unpaired) electrons. The molecule has 0 heterocycles. The summed E-state index contributed by atoms with van der Waals surface area (Å²) in [4.78, 5) is 11.4. The smallest absolute Gasteiger partial charge is 0.324 e. The molecule has 1 atom stereocenters. The molecule has 0 aliphatic heterocycles. The van der Waals surface area contributed by atoms with Crippen molar-refractivity contribution in [3.8, 4) is 0 Å². The summed E-state index contributed by atoms with van der Waals surface area (Å²) in [5.41, 5.74) is 0. The molecule has 2 N–H and O–H groups in total. The maximum absolute atomic E-state index is 11.4. The molecule has 0 bridgehead atoms. The van der Waals surface area contributed by atoms with Crippen LogP contribution < -0.4 is 3.53 Å². The summed E-state index contributed by atoms with van der Waals surface area (Å²) in [6.45, 7) is 4.47. The summed E-state index contributed by atoms with van der Waals surface area (Å²) in [6, 6.07) is -0.246. The minimum Gasteiger partial charge on any atom is -0.464 e. The molecule has 0 rings (SSSR count). The Kier molecular flexibility index (Phi) is 8.50. The molecule has 0 fully saturated rings. The van der Waals surface area contributed by atoms with Gasteiger partial charge in [0.2, 0.25) is 0 Å². The van der Waals surface area contributed by atoms with Crippen molar-refractivity contribution >= 4 is 28.8 Å². The average molecular weight is 315 g/mol. The van der Waals surface area contributed by atoms with Crippen LogP contribution in [-0.4, -0.2) is 30.3 Å². The molecule has 0 spiro atoms. The molecule has 0 aliphatic carbocycles. The third-order valence-corrected chi connectivity index (χ3v) is 2.51. The normalized spacial score (nSPS) is 12.9. The van der Waals surface area contributed by atoms with Gasteiger partial charge in [-0.1, -0.05) is 13.8 Å². The zero-order valence-electron chi connectivity index (χ0n) is 8.62. The number of nitrogens with one attached hydrogen (secondary N) is 1. The Balaban J connectivity index is 3.70. The average Bonchev–Trinajstić information content (AvgIpc) is 2.13. The van der Waals surface area contributed by atoms with Crippen LogP contribution in [0.4, 0.5) is 0 Å². The summed E-state index contributed by atoms with van der Waals surface area (Å²) in [5, 5.41) is 8.52. The Morgan fingerprint density at radius 2 is 2.14 bits per heavy atom. The SMILES string of the molecule is CC(C)[C@H](NI)C(=O)OCCCCO. The second-order valence-electron chi connectivity index (χ2n) is 3.43. The van der Waals surface area contributed by atoms with Gasteiger partial charge in [-0.2, -0.15) is 0 Å². The van der Waals surface area contributed by atoms with Crippen LogP contribution in [0.25, 0.3) is 0 Å². The Bertz CT molecular complexity index is 164. The molecule has 0 unspecified atom stereocenters. The molecule has 0 saturated carbocycles. The zero-order valence-corrected chi connectivity index (χ0v) is 10.8. The molecule has 0 amide bonds. The first-order chi connectivity index (χ1) is 6.63. The van der Waals surface area contributed by atoms with Gasteiger partial charge in [-0.25, -0.2) is 3.53 Å². The molecule has 5 heteroatoms. The van der Waals surface area contributed by atoms with Crippen molar-refractivity contribution in [2.24, 2.45) is 5.92 Å². The molecule has 0 aliphatic rings. The Hall–Kier alpha value is 0.120. The van der Waals surface area contributed by atoms with Gasteiger partial charge in [-0.3, -0.25) is 4.79 Å². The molecular formula is C9H18INO3. The largest absolute Gasteiger partial charge is 0.464 e. The van der Waals surface area contributed by atoms with Gasteiger partial charge < -0.3 is 9.84 Å². The van der Waals surface area contributed by atoms with Crippen LogP contribution in [0.3, 0.4) is 0 Å². The Labute approximate surface area is 98.9 Å². The Morgan fingerprint density at radius 1 is 1.50 bits per heavy atom.